The van der Waals surface area contributed by atoms with Gasteiger partial charge in [-0.25, -0.2) is 9.52 Å². The second-order valence-electron chi connectivity index (χ2n) is 4.04. The molecule has 4 N–H and O–H groups in total. The standard InChI is InChI=1S/C11H16N4O5S/c1-15(21(18,19)14-11(16)20-2)7-8-4-3-5-9(6-8)10(12)13-17/h3-6,17H,7H2,1-2H3,(H2,12,13)(H,14,16). The third-order valence-corrected chi connectivity index (χ3v) is 3.92. The molecule has 0 aromatic heterocycles. The van der Waals surface area contributed by atoms with Gasteiger partial charge in [0.25, 0.3) is 0 Å². The Morgan fingerprint density at radius 2 is 2.19 bits per heavy atom. The molecule has 0 bridgehead atoms. The van der Waals surface area contributed by atoms with Crippen LogP contribution >= 0.6 is 0 Å². The molecule has 1 aromatic carbocycles. The molecule has 0 spiro atoms. The molecule has 0 aliphatic carbocycles. The van der Waals surface area contributed by atoms with Gasteiger partial charge in [-0.1, -0.05) is 23.4 Å². The molecular weight excluding hydrogens is 300 g/mol. The maximum atomic E-state index is 11.8. The van der Waals surface area contributed by atoms with Gasteiger partial charge in [0.15, 0.2) is 5.84 Å². The molecule has 0 atom stereocenters. The van der Waals surface area contributed by atoms with E-state index >= 15 is 0 Å². The number of nitrogens with one attached hydrogen (secondary N) is 1. The maximum Gasteiger partial charge on any atom is 0.421 e. The van der Waals surface area contributed by atoms with Crippen molar-refractivity contribution in [1.29, 1.82) is 0 Å². The number of carbonyl (C=O) groups excluding carboxylic acids is 1. The van der Waals surface area contributed by atoms with Crippen molar-refractivity contribution in [2.24, 2.45) is 10.9 Å². The van der Waals surface area contributed by atoms with Crippen molar-refractivity contribution >= 4 is 22.1 Å². The van der Waals surface area contributed by atoms with E-state index in [4.69, 9.17) is 10.9 Å². The minimum Gasteiger partial charge on any atom is -0.452 e. The summed E-state index contributed by atoms with van der Waals surface area (Å²) in [7, 11) is -1.66. The molecule has 0 heterocycles. The van der Waals surface area contributed by atoms with Crippen LogP contribution in [0, 0.1) is 0 Å². The lowest BCUT2D eigenvalue weighted by molar-refractivity contribution is 0.177. The normalized spacial score (nSPS) is 12.2. The van der Waals surface area contributed by atoms with Crippen molar-refractivity contribution < 1.29 is 23.2 Å². The van der Waals surface area contributed by atoms with Gasteiger partial charge in [0.2, 0.25) is 0 Å². The summed E-state index contributed by atoms with van der Waals surface area (Å²) in [5.41, 5.74) is 6.50. The van der Waals surface area contributed by atoms with Gasteiger partial charge in [0.05, 0.1) is 7.11 Å². The molecule has 0 radical (unpaired) electrons. The summed E-state index contributed by atoms with van der Waals surface area (Å²) in [5, 5.41) is 11.5. The van der Waals surface area contributed by atoms with E-state index in [1.54, 1.807) is 29.0 Å². The lowest BCUT2D eigenvalue weighted by Crippen LogP contribution is -2.41. The number of nitrogens with two attached hydrogens (primary N) is 1. The van der Waals surface area contributed by atoms with Gasteiger partial charge in [-0.15, -0.1) is 0 Å². The van der Waals surface area contributed by atoms with Gasteiger partial charge in [0.1, 0.15) is 0 Å². The number of oxime groups is 1. The second-order valence-corrected chi connectivity index (χ2v) is 5.82. The van der Waals surface area contributed by atoms with Crippen molar-refractivity contribution in [1.82, 2.24) is 9.03 Å². The number of nitrogens with zero attached hydrogens (tertiary/aromatic N) is 2. The third kappa shape index (κ3) is 4.61. The van der Waals surface area contributed by atoms with Gasteiger partial charge in [-0.05, 0) is 11.6 Å². The van der Waals surface area contributed by atoms with Crippen LogP contribution in [0.1, 0.15) is 11.1 Å². The largest absolute Gasteiger partial charge is 0.452 e. The zero-order valence-corrected chi connectivity index (χ0v) is 12.3. The highest BCUT2D eigenvalue weighted by Crippen LogP contribution is 2.09. The first-order valence-electron chi connectivity index (χ1n) is 5.69. The van der Waals surface area contributed by atoms with E-state index in [1.807, 2.05) is 0 Å². The number of methoxy groups -OCH3 is 1. The number of rotatable bonds is 5. The molecule has 0 aliphatic rings. The Balaban J connectivity index is 2.88. The molecule has 9 nitrogen and oxygen atoms in total. The SMILES string of the molecule is COC(=O)NS(=O)(=O)N(C)Cc1cccc(/C(N)=N/O)c1. The summed E-state index contributed by atoms with van der Waals surface area (Å²) in [6.07, 6.45) is -1.08. The van der Waals surface area contributed by atoms with Crippen LogP contribution < -0.4 is 10.5 Å². The first-order valence-corrected chi connectivity index (χ1v) is 7.13. The van der Waals surface area contributed by atoms with Crippen LogP contribution in [-0.2, 0) is 21.5 Å². The van der Waals surface area contributed by atoms with E-state index in [1.165, 1.54) is 7.05 Å². The monoisotopic (exact) mass is 316 g/mol. The van der Waals surface area contributed by atoms with Crippen LogP contribution in [-0.4, -0.2) is 44.0 Å². The first-order chi connectivity index (χ1) is 9.80. The van der Waals surface area contributed by atoms with Crippen molar-refractivity contribution in [3.63, 3.8) is 0 Å². The van der Waals surface area contributed by atoms with Crippen LogP contribution in [0.3, 0.4) is 0 Å². The Kier molecular flexibility index (Phi) is 5.50. The van der Waals surface area contributed by atoms with Crippen molar-refractivity contribution in [3.05, 3.63) is 35.4 Å². The summed E-state index contributed by atoms with van der Waals surface area (Å²) < 4.78 is 30.5. The first kappa shape index (κ1) is 16.7. The van der Waals surface area contributed by atoms with E-state index in [0.29, 0.717) is 11.1 Å². The van der Waals surface area contributed by atoms with E-state index in [-0.39, 0.29) is 12.4 Å². The van der Waals surface area contributed by atoms with Gasteiger partial charge in [-0.2, -0.15) is 12.7 Å². The topological polar surface area (TPSA) is 134 Å². The number of amidine groups is 1. The molecule has 0 unspecified atom stereocenters. The Morgan fingerprint density at radius 3 is 2.76 bits per heavy atom. The molecule has 21 heavy (non-hydrogen) atoms. The quantitative estimate of drug-likeness (QED) is 0.298. The fourth-order valence-corrected chi connectivity index (χ4v) is 2.22. The fraction of sp³-hybridized carbons (Fsp3) is 0.273. The predicted molar refractivity (Wildman–Crippen MR) is 74.9 cm³/mol. The number of amides is 1. The highest BCUT2D eigenvalue weighted by Gasteiger charge is 2.21. The van der Waals surface area contributed by atoms with E-state index in [2.05, 4.69) is 9.89 Å². The molecule has 1 amide bonds. The van der Waals surface area contributed by atoms with Crippen LogP contribution in [0.15, 0.2) is 29.4 Å². The summed E-state index contributed by atoms with van der Waals surface area (Å²) in [6.45, 7) is -0.0150. The minimum atomic E-state index is -4.01. The molecule has 0 aliphatic heterocycles. The summed E-state index contributed by atoms with van der Waals surface area (Å²) in [5.74, 6) is -0.0879. The van der Waals surface area contributed by atoms with E-state index < -0.39 is 16.3 Å². The van der Waals surface area contributed by atoms with Gasteiger partial charge in [-0.3, -0.25) is 0 Å². The van der Waals surface area contributed by atoms with Crippen LogP contribution in [0.5, 0.6) is 0 Å². The Bertz CT molecular complexity index is 644. The third-order valence-electron chi connectivity index (χ3n) is 2.54. The molecule has 10 heteroatoms. The number of ether oxygens (including phenoxy) is 1. The van der Waals surface area contributed by atoms with E-state index in [0.717, 1.165) is 11.4 Å². The molecular formula is C11H16N4O5S. The minimum absolute atomic E-state index is 0.0150. The van der Waals surface area contributed by atoms with Crippen LogP contribution in [0.2, 0.25) is 0 Å². The van der Waals surface area contributed by atoms with Crippen molar-refractivity contribution in [2.75, 3.05) is 14.2 Å². The average Bonchev–Trinajstić information content (AvgIpc) is 2.46. The van der Waals surface area contributed by atoms with Crippen molar-refractivity contribution in [2.45, 2.75) is 6.54 Å². The predicted octanol–water partition coefficient (Wildman–Crippen LogP) is -0.186. The number of benzene rings is 1. The average molecular weight is 316 g/mol. The Hall–Kier alpha value is -2.33. The number of carbonyl (C=O) groups is 1. The summed E-state index contributed by atoms with van der Waals surface area (Å²) in [6, 6.07) is 6.48. The molecule has 116 valence electrons. The second kappa shape index (κ2) is 6.90. The highest BCUT2D eigenvalue weighted by atomic mass is 32.2. The maximum absolute atomic E-state index is 11.8. The lowest BCUT2D eigenvalue weighted by Gasteiger charge is -2.17. The zero-order chi connectivity index (χ0) is 16.0. The zero-order valence-electron chi connectivity index (χ0n) is 11.5. The molecule has 0 saturated heterocycles. The van der Waals surface area contributed by atoms with Gasteiger partial charge < -0.3 is 15.7 Å². The summed E-state index contributed by atoms with van der Waals surface area (Å²) in [4.78, 5) is 11.0. The smallest absolute Gasteiger partial charge is 0.421 e. The molecule has 0 saturated carbocycles. The Labute approximate surface area is 122 Å². The fourth-order valence-electron chi connectivity index (χ4n) is 1.45. The van der Waals surface area contributed by atoms with Gasteiger partial charge in [0, 0.05) is 19.2 Å². The van der Waals surface area contributed by atoms with Crippen molar-refractivity contribution in [3.8, 4) is 0 Å². The molecule has 1 aromatic rings. The molecule has 0 fully saturated rings. The molecule has 1 rings (SSSR count). The van der Waals surface area contributed by atoms with Gasteiger partial charge >= 0.3 is 16.3 Å². The Morgan fingerprint density at radius 1 is 1.52 bits per heavy atom. The van der Waals surface area contributed by atoms with Crippen LogP contribution in [0.4, 0.5) is 4.79 Å². The highest BCUT2D eigenvalue weighted by molar-refractivity contribution is 7.87. The number of hydrogen-bond donors (Lipinski definition) is 3. The number of hydrogen-bond acceptors (Lipinski definition) is 6. The van der Waals surface area contributed by atoms with Crippen LogP contribution in [0.25, 0.3) is 0 Å². The summed E-state index contributed by atoms with van der Waals surface area (Å²) >= 11 is 0. The lowest BCUT2D eigenvalue weighted by atomic mass is 10.1. The van der Waals surface area contributed by atoms with E-state index in [9.17, 15) is 13.2 Å².